The van der Waals surface area contributed by atoms with Crippen molar-refractivity contribution in [3.8, 4) is 0 Å². The van der Waals surface area contributed by atoms with Gasteiger partial charge in [0.1, 0.15) is 17.7 Å². The largest absolute Gasteiger partial charge is 0.506 e. The van der Waals surface area contributed by atoms with Gasteiger partial charge in [-0.3, -0.25) is 4.79 Å². The van der Waals surface area contributed by atoms with E-state index in [0.29, 0.717) is 24.7 Å². The third-order valence-corrected chi connectivity index (χ3v) is 1.53. The first-order chi connectivity index (χ1) is 5.27. The summed E-state index contributed by atoms with van der Waals surface area (Å²) < 4.78 is 0. The van der Waals surface area contributed by atoms with Crippen LogP contribution in [0, 0.1) is 4.91 Å². The molecule has 0 spiro atoms. The van der Waals surface area contributed by atoms with Gasteiger partial charge in [-0.05, 0) is 23.2 Å². The molecule has 0 saturated heterocycles. The van der Waals surface area contributed by atoms with Crippen LogP contribution in [0.1, 0.15) is 12.8 Å². The first-order valence-electron chi connectivity index (χ1n) is 3.19. The zero-order valence-corrected chi connectivity index (χ0v) is 5.78. The van der Waals surface area contributed by atoms with E-state index in [4.69, 9.17) is 5.11 Å². The second-order valence-corrected chi connectivity index (χ2v) is 2.26. The summed E-state index contributed by atoms with van der Waals surface area (Å²) in [5.41, 5.74) is 0.616. The number of nitrogens with zero attached hydrogens (tertiary/aromatic N) is 1. The Kier molecular flexibility index (Phi) is 2.15. The lowest BCUT2D eigenvalue weighted by atomic mass is 10.0. The summed E-state index contributed by atoms with van der Waals surface area (Å²) >= 11 is 0. The monoisotopic (exact) mass is 153 g/mol. The Morgan fingerprint density at radius 3 is 2.73 bits per heavy atom. The van der Waals surface area contributed by atoms with Crippen LogP contribution in [-0.2, 0) is 4.79 Å². The number of rotatable bonds is 2. The molecule has 0 aromatic heterocycles. The van der Waals surface area contributed by atoms with Crippen LogP contribution < -0.4 is 0 Å². The lowest BCUT2D eigenvalue weighted by Crippen LogP contribution is -1.97. The van der Waals surface area contributed by atoms with E-state index in [0.717, 1.165) is 0 Å². The van der Waals surface area contributed by atoms with Crippen molar-refractivity contribution in [2.24, 2.45) is 5.18 Å². The first kappa shape index (κ1) is 7.65. The molecular formula is C7H7NO3. The zero-order chi connectivity index (χ0) is 8.27. The maximum atomic E-state index is 10.2. The molecule has 1 aliphatic carbocycles. The van der Waals surface area contributed by atoms with Crippen molar-refractivity contribution in [2.75, 3.05) is 0 Å². The van der Waals surface area contributed by atoms with Gasteiger partial charge in [0.15, 0.2) is 0 Å². The summed E-state index contributed by atoms with van der Waals surface area (Å²) in [5.74, 6) is -0.187. The molecule has 1 rings (SSSR count). The Morgan fingerprint density at radius 2 is 2.27 bits per heavy atom. The molecule has 0 radical (unpaired) electrons. The predicted molar refractivity (Wildman–Crippen MR) is 38.8 cm³/mol. The van der Waals surface area contributed by atoms with Crippen LogP contribution in [0.3, 0.4) is 0 Å². The summed E-state index contributed by atoms with van der Waals surface area (Å²) in [7, 11) is 0. The van der Waals surface area contributed by atoms with Gasteiger partial charge in [0.25, 0.3) is 0 Å². The molecule has 0 amide bonds. The van der Waals surface area contributed by atoms with Gasteiger partial charge in [-0.1, -0.05) is 0 Å². The number of carbonyl (C=O) groups is 1. The molecule has 1 aliphatic rings. The Hall–Kier alpha value is -1.45. The average Bonchev–Trinajstić information content (AvgIpc) is 2.04. The van der Waals surface area contributed by atoms with E-state index in [2.05, 4.69) is 5.18 Å². The topological polar surface area (TPSA) is 66.7 Å². The van der Waals surface area contributed by atoms with Crippen molar-refractivity contribution in [1.29, 1.82) is 0 Å². The van der Waals surface area contributed by atoms with Crippen molar-refractivity contribution in [1.82, 2.24) is 0 Å². The van der Waals surface area contributed by atoms with E-state index < -0.39 is 0 Å². The van der Waals surface area contributed by atoms with Gasteiger partial charge >= 0.3 is 0 Å². The van der Waals surface area contributed by atoms with E-state index in [1.807, 2.05) is 0 Å². The molecule has 11 heavy (non-hydrogen) atoms. The van der Waals surface area contributed by atoms with Crippen LogP contribution in [0.4, 0.5) is 0 Å². The minimum Gasteiger partial charge on any atom is -0.506 e. The number of aldehydes is 1. The molecule has 1 N–H and O–H groups in total. The van der Waals surface area contributed by atoms with Crippen LogP contribution in [-0.4, -0.2) is 11.4 Å². The Balaban J connectivity index is 2.92. The van der Waals surface area contributed by atoms with E-state index in [-0.39, 0.29) is 11.5 Å². The zero-order valence-electron chi connectivity index (χ0n) is 5.78. The number of nitroso groups, excluding NO2 is 1. The molecule has 0 atom stereocenters. The number of aliphatic hydroxyl groups excluding tert-OH is 1. The van der Waals surface area contributed by atoms with Gasteiger partial charge in [0, 0.05) is 6.42 Å². The summed E-state index contributed by atoms with van der Waals surface area (Å²) in [6.07, 6.45) is 2.76. The average molecular weight is 153 g/mol. The normalized spacial score (nSPS) is 17.6. The van der Waals surface area contributed by atoms with Gasteiger partial charge in [-0.25, -0.2) is 0 Å². The molecule has 58 valence electrons. The van der Waals surface area contributed by atoms with Crippen molar-refractivity contribution in [2.45, 2.75) is 12.8 Å². The molecule has 4 nitrogen and oxygen atoms in total. The minimum atomic E-state index is -0.187. The maximum Gasteiger partial charge on any atom is 0.146 e. The summed E-state index contributed by atoms with van der Waals surface area (Å²) in [6, 6.07) is 0. The molecule has 0 heterocycles. The molecule has 0 bridgehead atoms. The van der Waals surface area contributed by atoms with Crippen molar-refractivity contribution < 1.29 is 9.90 Å². The molecule has 0 saturated carbocycles. The van der Waals surface area contributed by atoms with Crippen LogP contribution in [0.2, 0.25) is 0 Å². The number of aliphatic hydroxyl groups is 1. The van der Waals surface area contributed by atoms with Crippen molar-refractivity contribution in [3.63, 3.8) is 0 Å². The van der Waals surface area contributed by atoms with E-state index in [1.54, 1.807) is 0 Å². The van der Waals surface area contributed by atoms with Gasteiger partial charge in [-0.2, -0.15) is 0 Å². The summed E-state index contributed by atoms with van der Waals surface area (Å²) in [4.78, 5) is 20.2. The fraction of sp³-hybridized carbons (Fsp3) is 0.286. The van der Waals surface area contributed by atoms with Crippen LogP contribution in [0.5, 0.6) is 0 Å². The van der Waals surface area contributed by atoms with Gasteiger partial charge < -0.3 is 5.11 Å². The molecule has 0 aliphatic heterocycles. The second-order valence-electron chi connectivity index (χ2n) is 2.26. The fourth-order valence-electron chi connectivity index (χ4n) is 0.907. The molecule has 4 heteroatoms. The van der Waals surface area contributed by atoms with Crippen LogP contribution in [0.15, 0.2) is 28.3 Å². The Bertz CT molecular complexity index is 252. The number of carbonyl (C=O) groups excluding carboxylic acids is 1. The Labute approximate surface area is 63.2 Å². The summed E-state index contributed by atoms with van der Waals surface area (Å²) in [6.45, 7) is 0. The lowest BCUT2D eigenvalue weighted by Gasteiger charge is -2.06. The summed E-state index contributed by atoms with van der Waals surface area (Å²) in [5, 5.41) is 11.6. The highest BCUT2D eigenvalue weighted by atomic mass is 16.3. The smallest absolute Gasteiger partial charge is 0.146 e. The van der Waals surface area contributed by atoms with Gasteiger partial charge in [0.2, 0.25) is 0 Å². The number of hydrogen-bond donors (Lipinski definition) is 1. The van der Waals surface area contributed by atoms with E-state index >= 15 is 0 Å². The Morgan fingerprint density at radius 1 is 1.55 bits per heavy atom. The highest BCUT2D eigenvalue weighted by molar-refractivity contribution is 5.74. The minimum absolute atomic E-state index is 0.121. The maximum absolute atomic E-state index is 10.2. The lowest BCUT2D eigenvalue weighted by molar-refractivity contribution is -0.105. The van der Waals surface area contributed by atoms with Crippen LogP contribution >= 0.6 is 0 Å². The van der Waals surface area contributed by atoms with Crippen molar-refractivity contribution >= 4 is 6.29 Å². The predicted octanol–water partition coefficient (Wildman–Crippen LogP) is 1.44. The molecule has 0 aromatic rings. The SMILES string of the molecule is O=CC1=CC(O)=C(N=O)CC1. The number of hydrogen-bond acceptors (Lipinski definition) is 4. The third kappa shape index (κ3) is 1.52. The van der Waals surface area contributed by atoms with E-state index in [1.165, 1.54) is 6.08 Å². The highest BCUT2D eigenvalue weighted by Crippen LogP contribution is 2.21. The first-order valence-corrected chi connectivity index (χ1v) is 3.19. The van der Waals surface area contributed by atoms with Crippen LogP contribution in [0.25, 0.3) is 0 Å². The fourth-order valence-corrected chi connectivity index (χ4v) is 0.907. The second kappa shape index (κ2) is 3.09. The number of allylic oxidation sites excluding steroid dienone is 3. The third-order valence-electron chi connectivity index (χ3n) is 1.53. The van der Waals surface area contributed by atoms with E-state index in [9.17, 15) is 9.70 Å². The molecule has 0 aromatic carbocycles. The quantitative estimate of drug-likeness (QED) is 0.482. The van der Waals surface area contributed by atoms with Crippen molar-refractivity contribution in [3.05, 3.63) is 28.0 Å². The molecular weight excluding hydrogens is 146 g/mol. The highest BCUT2D eigenvalue weighted by Gasteiger charge is 2.12. The van der Waals surface area contributed by atoms with Gasteiger partial charge in [0.05, 0.1) is 0 Å². The molecule has 0 fully saturated rings. The van der Waals surface area contributed by atoms with Gasteiger partial charge in [-0.15, -0.1) is 4.91 Å². The molecule has 0 unspecified atom stereocenters. The standard InChI is InChI=1S/C7H7NO3/c9-4-5-1-2-6(8-11)7(10)3-5/h3-4,10H,1-2H2.